The zero-order valence-electron chi connectivity index (χ0n) is 11.4. The SMILES string of the molecule is CCNC(c1ccc(F)c(C)c1)c1ccc(Br)cc1F. The molecule has 1 unspecified atom stereocenters. The molecular weight excluding hydrogens is 324 g/mol. The lowest BCUT2D eigenvalue weighted by Crippen LogP contribution is -2.23. The maximum Gasteiger partial charge on any atom is 0.129 e. The van der Waals surface area contributed by atoms with Crippen LogP contribution in [0.4, 0.5) is 8.78 Å². The molecule has 20 heavy (non-hydrogen) atoms. The van der Waals surface area contributed by atoms with Crippen LogP contribution < -0.4 is 5.32 Å². The van der Waals surface area contributed by atoms with Crippen LogP contribution in [-0.2, 0) is 0 Å². The van der Waals surface area contributed by atoms with Crippen LogP contribution in [0.15, 0.2) is 40.9 Å². The molecule has 0 fully saturated rings. The number of hydrogen-bond donors (Lipinski definition) is 1. The summed E-state index contributed by atoms with van der Waals surface area (Å²) in [6, 6.07) is 9.57. The first-order chi connectivity index (χ1) is 9.52. The quantitative estimate of drug-likeness (QED) is 0.848. The molecule has 4 heteroatoms. The van der Waals surface area contributed by atoms with Crippen molar-refractivity contribution >= 4 is 15.9 Å². The number of aryl methyl sites for hydroxylation is 1. The van der Waals surface area contributed by atoms with Crippen LogP contribution in [0.25, 0.3) is 0 Å². The maximum atomic E-state index is 14.1. The van der Waals surface area contributed by atoms with Crippen molar-refractivity contribution in [3.05, 3.63) is 69.2 Å². The van der Waals surface area contributed by atoms with Crippen molar-refractivity contribution in [3.8, 4) is 0 Å². The molecule has 0 saturated heterocycles. The van der Waals surface area contributed by atoms with E-state index in [1.807, 2.05) is 6.92 Å². The van der Waals surface area contributed by atoms with Gasteiger partial charge in [-0.1, -0.05) is 41.1 Å². The molecule has 0 aromatic heterocycles. The van der Waals surface area contributed by atoms with Gasteiger partial charge in [0.15, 0.2) is 0 Å². The van der Waals surface area contributed by atoms with E-state index in [4.69, 9.17) is 0 Å². The minimum Gasteiger partial charge on any atom is -0.306 e. The molecule has 0 saturated carbocycles. The highest BCUT2D eigenvalue weighted by Crippen LogP contribution is 2.27. The normalized spacial score (nSPS) is 12.4. The van der Waals surface area contributed by atoms with Crippen LogP contribution in [0.5, 0.6) is 0 Å². The molecule has 2 aromatic carbocycles. The first-order valence-corrected chi connectivity index (χ1v) is 7.26. The number of halogens is 3. The summed E-state index contributed by atoms with van der Waals surface area (Å²) in [5.41, 5.74) is 1.97. The van der Waals surface area contributed by atoms with Gasteiger partial charge in [-0.05, 0) is 42.8 Å². The van der Waals surface area contributed by atoms with E-state index in [0.717, 1.165) is 5.56 Å². The van der Waals surface area contributed by atoms with Gasteiger partial charge in [0.1, 0.15) is 11.6 Å². The highest BCUT2D eigenvalue weighted by atomic mass is 79.9. The molecule has 0 aliphatic rings. The van der Waals surface area contributed by atoms with Gasteiger partial charge in [-0.3, -0.25) is 0 Å². The van der Waals surface area contributed by atoms with Crippen LogP contribution in [0.2, 0.25) is 0 Å². The van der Waals surface area contributed by atoms with E-state index in [2.05, 4.69) is 21.2 Å². The fraction of sp³-hybridized carbons (Fsp3) is 0.250. The minimum atomic E-state index is -0.285. The summed E-state index contributed by atoms with van der Waals surface area (Å²) < 4.78 is 28.2. The summed E-state index contributed by atoms with van der Waals surface area (Å²) in [4.78, 5) is 0. The molecule has 0 aliphatic heterocycles. The van der Waals surface area contributed by atoms with Gasteiger partial charge < -0.3 is 5.32 Å². The highest BCUT2D eigenvalue weighted by molar-refractivity contribution is 9.10. The third-order valence-corrected chi connectivity index (χ3v) is 3.69. The first kappa shape index (κ1) is 15.1. The van der Waals surface area contributed by atoms with Crippen LogP contribution in [-0.4, -0.2) is 6.54 Å². The van der Waals surface area contributed by atoms with Gasteiger partial charge in [-0.25, -0.2) is 8.78 Å². The molecule has 0 bridgehead atoms. The zero-order valence-corrected chi connectivity index (χ0v) is 13.0. The lowest BCUT2D eigenvalue weighted by Gasteiger charge is -2.20. The average molecular weight is 340 g/mol. The second-order valence-electron chi connectivity index (χ2n) is 4.67. The third-order valence-electron chi connectivity index (χ3n) is 3.20. The molecule has 0 heterocycles. The van der Waals surface area contributed by atoms with Gasteiger partial charge in [-0.15, -0.1) is 0 Å². The molecule has 1 N–H and O–H groups in total. The molecule has 0 amide bonds. The van der Waals surface area contributed by atoms with Gasteiger partial charge in [-0.2, -0.15) is 0 Å². The Kier molecular flexibility index (Phi) is 4.89. The van der Waals surface area contributed by atoms with Crippen molar-refractivity contribution in [1.82, 2.24) is 5.32 Å². The van der Waals surface area contributed by atoms with Gasteiger partial charge in [0.2, 0.25) is 0 Å². The predicted molar refractivity (Wildman–Crippen MR) is 80.8 cm³/mol. The topological polar surface area (TPSA) is 12.0 Å². The molecule has 0 spiro atoms. The predicted octanol–water partition coefficient (Wildman–Crippen LogP) is 4.73. The minimum absolute atomic E-state index is 0.250. The highest BCUT2D eigenvalue weighted by Gasteiger charge is 2.18. The molecule has 1 nitrogen and oxygen atoms in total. The van der Waals surface area contributed by atoms with Crippen molar-refractivity contribution in [3.63, 3.8) is 0 Å². The van der Waals surface area contributed by atoms with Crippen LogP contribution in [0.1, 0.15) is 29.7 Å². The summed E-state index contributed by atoms with van der Waals surface area (Å²) in [5, 5.41) is 3.24. The lowest BCUT2D eigenvalue weighted by atomic mass is 9.96. The average Bonchev–Trinajstić information content (AvgIpc) is 2.40. The van der Waals surface area contributed by atoms with E-state index in [0.29, 0.717) is 22.1 Å². The van der Waals surface area contributed by atoms with E-state index < -0.39 is 0 Å². The maximum absolute atomic E-state index is 14.1. The van der Waals surface area contributed by atoms with Gasteiger partial charge in [0.05, 0.1) is 6.04 Å². The summed E-state index contributed by atoms with van der Waals surface area (Å²) >= 11 is 3.25. The molecule has 0 radical (unpaired) electrons. The van der Waals surface area contributed by atoms with Gasteiger partial charge >= 0.3 is 0 Å². The zero-order chi connectivity index (χ0) is 14.7. The molecule has 0 aliphatic carbocycles. The Hall–Kier alpha value is -1.26. The van der Waals surface area contributed by atoms with Crippen molar-refractivity contribution in [2.45, 2.75) is 19.9 Å². The first-order valence-electron chi connectivity index (χ1n) is 6.47. The van der Waals surface area contributed by atoms with Crippen molar-refractivity contribution < 1.29 is 8.78 Å². The largest absolute Gasteiger partial charge is 0.306 e. The Morgan fingerprint density at radius 2 is 1.85 bits per heavy atom. The Morgan fingerprint density at radius 3 is 2.45 bits per heavy atom. The summed E-state index contributed by atoms with van der Waals surface area (Å²) in [7, 11) is 0. The fourth-order valence-corrected chi connectivity index (χ4v) is 2.53. The van der Waals surface area contributed by atoms with Gasteiger partial charge in [0, 0.05) is 10.0 Å². The number of hydrogen-bond acceptors (Lipinski definition) is 1. The van der Waals surface area contributed by atoms with E-state index in [1.54, 1.807) is 31.2 Å². The molecular formula is C16H16BrF2N. The van der Waals surface area contributed by atoms with Crippen molar-refractivity contribution in [2.75, 3.05) is 6.54 Å². The fourth-order valence-electron chi connectivity index (χ4n) is 2.19. The lowest BCUT2D eigenvalue weighted by molar-refractivity contribution is 0.556. The Morgan fingerprint density at radius 1 is 1.10 bits per heavy atom. The standard InChI is InChI=1S/C16H16BrF2N/c1-3-20-16(11-4-7-14(18)10(2)8-11)13-6-5-12(17)9-15(13)19/h4-9,16,20H,3H2,1-2H3. The van der Waals surface area contributed by atoms with E-state index in [9.17, 15) is 8.78 Å². The number of rotatable bonds is 4. The Balaban J connectivity index is 2.47. The second kappa shape index (κ2) is 6.46. The van der Waals surface area contributed by atoms with Crippen LogP contribution >= 0.6 is 15.9 Å². The van der Waals surface area contributed by atoms with Crippen LogP contribution in [0.3, 0.4) is 0 Å². The second-order valence-corrected chi connectivity index (χ2v) is 5.58. The Bertz CT molecular complexity index is 613. The Labute approximate surface area is 126 Å². The molecule has 106 valence electrons. The van der Waals surface area contributed by atoms with Crippen molar-refractivity contribution in [1.29, 1.82) is 0 Å². The third kappa shape index (κ3) is 3.25. The summed E-state index contributed by atoms with van der Waals surface area (Å²) in [6.45, 7) is 4.36. The summed E-state index contributed by atoms with van der Waals surface area (Å²) in [6.07, 6.45) is 0. The van der Waals surface area contributed by atoms with Crippen LogP contribution in [0, 0.1) is 18.6 Å². The number of benzene rings is 2. The van der Waals surface area contributed by atoms with Crippen molar-refractivity contribution in [2.24, 2.45) is 0 Å². The summed E-state index contributed by atoms with van der Waals surface area (Å²) in [5.74, 6) is -0.535. The smallest absolute Gasteiger partial charge is 0.129 e. The van der Waals surface area contributed by atoms with E-state index in [-0.39, 0.29) is 17.7 Å². The van der Waals surface area contributed by atoms with Gasteiger partial charge in [0.25, 0.3) is 0 Å². The molecule has 2 aromatic rings. The monoisotopic (exact) mass is 339 g/mol. The van der Waals surface area contributed by atoms with E-state index in [1.165, 1.54) is 12.1 Å². The molecule has 2 rings (SSSR count). The number of nitrogens with one attached hydrogen (secondary N) is 1. The van der Waals surface area contributed by atoms with E-state index >= 15 is 0 Å². The molecule has 1 atom stereocenters.